The van der Waals surface area contributed by atoms with E-state index in [9.17, 15) is 13.6 Å². The fourth-order valence-corrected chi connectivity index (χ4v) is 1.89. The van der Waals surface area contributed by atoms with Crippen LogP contribution >= 0.6 is 0 Å². The highest BCUT2D eigenvalue weighted by Crippen LogP contribution is 2.20. The predicted octanol–water partition coefficient (Wildman–Crippen LogP) is 2.49. The molecule has 0 saturated carbocycles. The maximum atomic E-state index is 13.5. The van der Waals surface area contributed by atoms with E-state index in [0.717, 1.165) is 12.1 Å². The molecule has 5 nitrogen and oxygen atoms in total. The van der Waals surface area contributed by atoms with Crippen molar-refractivity contribution in [3.05, 3.63) is 47.3 Å². The van der Waals surface area contributed by atoms with E-state index >= 15 is 0 Å². The molecule has 112 valence electrons. The number of carbonyl (C=O) groups excluding carboxylic acids is 1. The highest BCUT2D eigenvalue weighted by atomic mass is 19.1. The van der Waals surface area contributed by atoms with E-state index in [4.69, 9.17) is 4.74 Å². The second-order valence-electron chi connectivity index (χ2n) is 4.30. The number of hydrogen-bond donors (Lipinski definition) is 1. The molecule has 1 heterocycles. The van der Waals surface area contributed by atoms with Crippen LogP contribution in [-0.2, 0) is 18.3 Å². The Balaban J connectivity index is 2.21. The zero-order valence-electron chi connectivity index (χ0n) is 11.7. The molecule has 2 aromatic rings. The maximum Gasteiger partial charge on any atom is 0.341 e. The van der Waals surface area contributed by atoms with Gasteiger partial charge in [-0.3, -0.25) is 4.68 Å². The average molecular weight is 295 g/mol. The lowest BCUT2D eigenvalue weighted by atomic mass is 10.2. The molecule has 0 aliphatic heterocycles. The molecule has 0 saturated heterocycles. The molecule has 1 aromatic heterocycles. The molecule has 1 N–H and O–H groups in total. The van der Waals surface area contributed by atoms with Crippen LogP contribution in [0.1, 0.15) is 23.0 Å². The summed E-state index contributed by atoms with van der Waals surface area (Å²) >= 11 is 0. The highest BCUT2D eigenvalue weighted by Gasteiger charge is 2.18. The number of aryl methyl sites for hydroxylation is 1. The number of hydrogen-bond acceptors (Lipinski definition) is 4. The van der Waals surface area contributed by atoms with E-state index in [-0.39, 0.29) is 24.4 Å². The van der Waals surface area contributed by atoms with Gasteiger partial charge >= 0.3 is 5.97 Å². The first kappa shape index (κ1) is 15.0. The minimum atomic E-state index is -0.699. The molecule has 1 aromatic carbocycles. The lowest BCUT2D eigenvalue weighted by molar-refractivity contribution is 0.0525. The van der Waals surface area contributed by atoms with Crippen LogP contribution in [-0.4, -0.2) is 22.4 Å². The van der Waals surface area contributed by atoms with Crippen LogP contribution in [0.25, 0.3) is 0 Å². The van der Waals surface area contributed by atoms with Crippen molar-refractivity contribution in [3.63, 3.8) is 0 Å². The number of carbonyl (C=O) groups is 1. The van der Waals surface area contributed by atoms with E-state index in [1.54, 1.807) is 14.0 Å². The molecule has 2 rings (SSSR count). The third kappa shape index (κ3) is 3.18. The maximum absolute atomic E-state index is 13.5. The fourth-order valence-electron chi connectivity index (χ4n) is 1.89. The summed E-state index contributed by atoms with van der Waals surface area (Å²) in [6.45, 7) is 1.98. The van der Waals surface area contributed by atoms with Gasteiger partial charge in [0, 0.05) is 7.05 Å². The Morgan fingerprint density at radius 3 is 2.67 bits per heavy atom. The van der Waals surface area contributed by atoms with Gasteiger partial charge in [-0.1, -0.05) is 6.07 Å². The lowest BCUT2D eigenvalue weighted by Crippen LogP contribution is -2.13. The molecular weight excluding hydrogens is 280 g/mol. The summed E-state index contributed by atoms with van der Waals surface area (Å²) < 4.78 is 33.5. The Kier molecular flexibility index (Phi) is 4.52. The van der Waals surface area contributed by atoms with Crippen molar-refractivity contribution in [1.29, 1.82) is 0 Å². The van der Waals surface area contributed by atoms with E-state index in [2.05, 4.69) is 10.4 Å². The summed E-state index contributed by atoms with van der Waals surface area (Å²) in [5.41, 5.74) is 0.508. The Labute approximate surface area is 120 Å². The van der Waals surface area contributed by atoms with Gasteiger partial charge in [0.1, 0.15) is 22.9 Å². The summed E-state index contributed by atoms with van der Waals surface area (Å²) in [5.74, 6) is -1.92. The van der Waals surface area contributed by atoms with Crippen LogP contribution in [0.3, 0.4) is 0 Å². The largest absolute Gasteiger partial charge is 0.462 e. The molecular formula is C14H15F2N3O2. The number of esters is 1. The first-order valence-corrected chi connectivity index (χ1v) is 6.40. The summed E-state index contributed by atoms with van der Waals surface area (Å²) in [6.07, 6.45) is 1.37. The summed E-state index contributed by atoms with van der Waals surface area (Å²) in [4.78, 5) is 11.8. The first-order chi connectivity index (χ1) is 10.0. The molecule has 0 amide bonds. The van der Waals surface area contributed by atoms with Crippen LogP contribution in [0.2, 0.25) is 0 Å². The van der Waals surface area contributed by atoms with Crippen LogP contribution in [0.5, 0.6) is 0 Å². The van der Waals surface area contributed by atoms with Crippen molar-refractivity contribution in [3.8, 4) is 0 Å². The quantitative estimate of drug-likeness (QED) is 0.861. The smallest absolute Gasteiger partial charge is 0.341 e. The van der Waals surface area contributed by atoms with Crippen molar-refractivity contribution in [2.24, 2.45) is 7.05 Å². The monoisotopic (exact) mass is 295 g/mol. The normalized spacial score (nSPS) is 10.5. The summed E-state index contributed by atoms with van der Waals surface area (Å²) in [5, 5.41) is 6.61. The SMILES string of the molecule is CCOC(=O)c1cnn(C)c1CNc1c(F)cccc1F. The third-order valence-corrected chi connectivity index (χ3v) is 2.95. The second kappa shape index (κ2) is 6.34. The van der Waals surface area contributed by atoms with Crippen molar-refractivity contribution < 1.29 is 18.3 Å². The average Bonchev–Trinajstić information content (AvgIpc) is 2.80. The standard InChI is InChI=1S/C14H15F2N3O2/c1-3-21-14(20)9-7-18-19(2)12(9)8-17-13-10(15)5-4-6-11(13)16/h4-7,17H,3,8H2,1-2H3. The van der Waals surface area contributed by atoms with E-state index in [0.29, 0.717) is 5.69 Å². The number of aromatic nitrogens is 2. The Morgan fingerprint density at radius 1 is 1.38 bits per heavy atom. The number of nitrogens with one attached hydrogen (secondary N) is 1. The molecule has 21 heavy (non-hydrogen) atoms. The van der Waals surface area contributed by atoms with Crippen molar-refractivity contribution in [1.82, 2.24) is 9.78 Å². The number of para-hydroxylation sites is 1. The minimum Gasteiger partial charge on any atom is -0.462 e. The molecule has 0 aliphatic rings. The van der Waals surface area contributed by atoms with Crippen LogP contribution in [0.15, 0.2) is 24.4 Å². The van der Waals surface area contributed by atoms with Gasteiger partial charge in [0.25, 0.3) is 0 Å². The van der Waals surface area contributed by atoms with Crippen LogP contribution < -0.4 is 5.32 Å². The molecule has 0 aliphatic carbocycles. The molecule has 0 radical (unpaired) electrons. The Morgan fingerprint density at radius 2 is 2.05 bits per heavy atom. The van der Waals surface area contributed by atoms with E-state index < -0.39 is 17.6 Å². The van der Waals surface area contributed by atoms with Crippen molar-refractivity contribution in [2.45, 2.75) is 13.5 Å². The molecule has 7 heteroatoms. The number of anilines is 1. The highest BCUT2D eigenvalue weighted by molar-refractivity contribution is 5.90. The van der Waals surface area contributed by atoms with Gasteiger partial charge in [-0.15, -0.1) is 0 Å². The Hall–Kier alpha value is -2.44. The number of nitrogens with zero attached hydrogens (tertiary/aromatic N) is 2. The van der Waals surface area contributed by atoms with Gasteiger partial charge in [0.05, 0.1) is 25.0 Å². The minimum absolute atomic E-state index is 0.0441. The molecule has 0 spiro atoms. The zero-order chi connectivity index (χ0) is 15.4. The number of ether oxygens (including phenoxy) is 1. The molecule has 0 fully saturated rings. The van der Waals surface area contributed by atoms with Crippen LogP contribution in [0, 0.1) is 11.6 Å². The van der Waals surface area contributed by atoms with E-state index in [1.165, 1.54) is 16.9 Å². The first-order valence-electron chi connectivity index (χ1n) is 6.40. The predicted molar refractivity (Wildman–Crippen MR) is 72.8 cm³/mol. The molecule has 0 atom stereocenters. The van der Waals surface area contributed by atoms with Crippen LogP contribution in [0.4, 0.5) is 14.5 Å². The van der Waals surface area contributed by atoms with E-state index in [1.807, 2.05) is 0 Å². The number of benzene rings is 1. The van der Waals surface area contributed by atoms with Crippen molar-refractivity contribution >= 4 is 11.7 Å². The fraction of sp³-hybridized carbons (Fsp3) is 0.286. The second-order valence-corrected chi connectivity index (χ2v) is 4.30. The zero-order valence-corrected chi connectivity index (χ0v) is 11.7. The number of rotatable bonds is 5. The Bertz CT molecular complexity index is 635. The summed E-state index contributed by atoms with van der Waals surface area (Å²) in [6, 6.07) is 3.59. The van der Waals surface area contributed by atoms with Gasteiger partial charge in [-0.2, -0.15) is 5.10 Å². The van der Waals surface area contributed by atoms with Crippen molar-refractivity contribution in [2.75, 3.05) is 11.9 Å². The van der Waals surface area contributed by atoms with Gasteiger partial charge in [-0.25, -0.2) is 13.6 Å². The lowest BCUT2D eigenvalue weighted by Gasteiger charge is -2.10. The van der Waals surface area contributed by atoms with Gasteiger partial charge < -0.3 is 10.1 Å². The van der Waals surface area contributed by atoms with Gasteiger partial charge in [0.2, 0.25) is 0 Å². The van der Waals surface area contributed by atoms with Gasteiger partial charge in [-0.05, 0) is 19.1 Å². The topological polar surface area (TPSA) is 56.1 Å². The van der Waals surface area contributed by atoms with Gasteiger partial charge in [0.15, 0.2) is 0 Å². The summed E-state index contributed by atoms with van der Waals surface area (Å²) in [7, 11) is 1.64. The number of halogens is 2. The molecule has 0 bridgehead atoms. The third-order valence-electron chi connectivity index (χ3n) is 2.95. The molecule has 0 unspecified atom stereocenters.